The standard InChI is InChI=1S/C11H13FS/c1-13-10-7-3-6-9(11(10)12)8-4-2-5-8/h3,6-8H,2,4-5H2,1H3. The van der Waals surface area contributed by atoms with Gasteiger partial charge < -0.3 is 0 Å². The van der Waals surface area contributed by atoms with Crippen molar-refractivity contribution in [2.24, 2.45) is 0 Å². The van der Waals surface area contributed by atoms with Gasteiger partial charge in [0.15, 0.2) is 0 Å². The van der Waals surface area contributed by atoms with Gasteiger partial charge in [-0.3, -0.25) is 0 Å². The molecule has 0 spiro atoms. The number of rotatable bonds is 2. The Hall–Kier alpha value is -0.500. The van der Waals surface area contributed by atoms with E-state index < -0.39 is 0 Å². The molecular weight excluding hydrogens is 183 g/mol. The molecule has 0 unspecified atom stereocenters. The van der Waals surface area contributed by atoms with Crippen molar-refractivity contribution in [3.8, 4) is 0 Å². The van der Waals surface area contributed by atoms with Gasteiger partial charge in [0.2, 0.25) is 0 Å². The SMILES string of the molecule is CSc1cccc(C2CCC2)c1F. The summed E-state index contributed by atoms with van der Waals surface area (Å²) < 4.78 is 13.7. The van der Waals surface area contributed by atoms with Crippen LogP contribution in [0.25, 0.3) is 0 Å². The Morgan fingerprint density at radius 2 is 2.15 bits per heavy atom. The third kappa shape index (κ3) is 1.60. The van der Waals surface area contributed by atoms with Crippen molar-refractivity contribution in [2.75, 3.05) is 6.26 Å². The predicted octanol–water partition coefficient (Wildman–Crippen LogP) is 3.82. The molecule has 0 bridgehead atoms. The average Bonchev–Trinajstić information content (AvgIpc) is 2.05. The lowest BCUT2D eigenvalue weighted by atomic mass is 9.80. The first kappa shape index (κ1) is 9.07. The minimum atomic E-state index is 0.0136. The lowest BCUT2D eigenvalue weighted by Gasteiger charge is -2.26. The highest BCUT2D eigenvalue weighted by Crippen LogP contribution is 2.39. The van der Waals surface area contributed by atoms with E-state index >= 15 is 0 Å². The van der Waals surface area contributed by atoms with Gasteiger partial charge in [0, 0.05) is 4.90 Å². The lowest BCUT2D eigenvalue weighted by Crippen LogP contribution is -2.10. The Morgan fingerprint density at radius 3 is 2.69 bits per heavy atom. The highest BCUT2D eigenvalue weighted by Gasteiger charge is 2.23. The van der Waals surface area contributed by atoms with E-state index in [0.717, 1.165) is 23.3 Å². The van der Waals surface area contributed by atoms with Crippen LogP contribution < -0.4 is 0 Å². The predicted molar refractivity (Wildman–Crippen MR) is 54.8 cm³/mol. The smallest absolute Gasteiger partial charge is 0.140 e. The first-order valence-corrected chi connectivity index (χ1v) is 5.88. The van der Waals surface area contributed by atoms with Gasteiger partial charge in [0.25, 0.3) is 0 Å². The first-order chi connectivity index (χ1) is 6.33. The van der Waals surface area contributed by atoms with Crippen molar-refractivity contribution < 1.29 is 4.39 Å². The van der Waals surface area contributed by atoms with Gasteiger partial charge in [-0.05, 0) is 36.6 Å². The molecule has 1 aromatic carbocycles. The van der Waals surface area contributed by atoms with Crippen molar-refractivity contribution >= 4 is 11.8 Å². The molecule has 0 nitrogen and oxygen atoms in total. The maximum atomic E-state index is 13.7. The summed E-state index contributed by atoms with van der Waals surface area (Å²) in [6.07, 6.45) is 5.50. The maximum absolute atomic E-state index is 13.7. The molecule has 1 aromatic rings. The summed E-state index contributed by atoms with van der Waals surface area (Å²) >= 11 is 1.49. The van der Waals surface area contributed by atoms with Crippen LogP contribution in [0.3, 0.4) is 0 Å². The molecule has 0 aliphatic heterocycles. The Kier molecular flexibility index (Phi) is 2.58. The van der Waals surface area contributed by atoms with E-state index in [2.05, 4.69) is 0 Å². The summed E-state index contributed by atoms with van der Waals surface area (Å²) in [5.74, 6) is 0.506. The van der Waals surface area contributed by atoms with Gasteiger partial charge >= 0.3 is 0 Å². The zero-order valence-corrected chi connectivity index (χ0v) is 8.53. The van der Waals surface area contributed by atoms with Gasteiger partial charge in [-0.15, -0.1) is 11.8 Å². The van der Waals surface area contributed by atoms with Gasteiger partial charge in [-0.1, -0.05) is 18.6 Å². The van der Waals surface area contributed by atoms with Crippen LogP contribution in [0, 0.1) is 5.82 Å². The molecule has 1 aliphatic carbocycles. The summed E-state index contributed by atoms with van der Waals surface area (Å²) in [4.78, 5) is 0.782. The molecule has 13 heavy (non-hydrogen) atoms. The Morgan fingerprint density at radius 1 is 1.38 bits per heavy atom. The molecule has 0 amide bonds. The largest absolute Gasteiger partial charge is 0.205 e. The minimum absolute atomic E-state index is 0.0136. The molecule has 1 aliphatic rings. The average molecular weight is 196 g/mol. The molecular formula is C11H13FS. The Labute approximate surface area is 82.5 Å². The number of hydrogen-bond acceptors (Lipinski definition) is 1. The first-order valence-electron chi connectivity index (χ1n) is 4.65. The van der Waals surface area contributed by atoms with E-state index in [1.165, 1.54) is 18.2 Å². The van der Waals surface area contributed by atoms with Gasteiger partial charge in [0.05, 0.1) is 0 Å². The fourth-order valence-electron chi connectivity index (χ4n) is 1.72. The summed E-state index contributed by atoms with van der Waals surface area (Å²) in [5.41, 5.74) is 0.929. The highest BCUT2D eigenvalue weighted by molar-refractivity contribution is 7.98. The molecule has 0 N–H and O–H groups in total. The Bertz CT molecular complexity index is 305. The summed E-state index contributed by atoms with van der Waals surface area (Å²) in [7, 11) is 0. The minimum Gasteiger partial charge on any atom is -0.205 e. The highest BCUT2D eigenvalue weighted by atomic mass is 32.2. The molecule has 70 valence electrons. The van der Waals surface area contributed by atoms with Crippen molar-refractivity contribution in [1.82, 2.24) is 0 Å². The number of thioether (sulfide) groups is 1. The quantitative estimate of drug-likeness (QED) is 0.648. The molecule has 0 radical (unpaired) electrons. The van der Waals surface area contributed by atoms with Gasteiger partial charge in [-0.25, -0.2) is 4.39 Å². The fourth-order valence-corrected chi connectivity index (χ4v) is 2.23. The molecule has 2 rings (SSSR count). The van der Waals surface area contributed by atoms with Crippen LogP contribution in [0.1, 0.15) is 30.7 Å². The van der Waals surface area contributed by atoms with E-state index in [1.54, 1.807) is 0 Å². The molecule has 0 atom stereocenters. The van der Waals surface area contributed by atoms with Crippen LogP contribution >= 0.6 is 11.8 Å². The van der Waals surface area contributed by atoms with Crippen LogP contribution in [-0.4, -0.2) is 6.26 Å². The lowest BCUT2D eigenvalue weighted by molar-refractivity contribution is 0.401. The molecule has 0 aromatic heterocycles. The van der Waals surface area contributed by atoms with Crippen LogP contribution in [0.15, 0.2) is 23.1 Å². The number of halogens is 1. The summed E-state index contributed by atoms with van der Waals surface area (Å²) in [6, 6.07) is 5.74. The second-order valence-electron chi connectivity index (χ2n) is 3.49. The molecule has 1 saturated carbocycles. The second-order valence-corrected chi connectivity index (χ2v) is 4.34. The third-order valence-electron chi connectivity index (χ3n) is 2.76. The van der Waals surface area contributed by atoms with Crippen molar-refractivity contribution in [2.45, 2.75) is 30.1 Å². The zero-order valence-electron chi connectivity index (χ0n) is 7.72. The van der Waals surface area contributed by atoms with Gasteiger partial charge in [0.1, 0.15) is 5.82 Å². The van der Waals surface area contributed by atoms with E-state index in [9.17, 15) is 4.39 Å². The monoisotopic (exact) mass is 196 g/mol. The van der Waals surface area contributed by atoms with E-state index in [0.29, 0.717) is 5.92 Å². The fraction of sp³-hybridized carbons (Fsp3) is 0.455. The summed E-state index contributed by atoms with van der Waals surface area (Å²) in [5, 5.41) is 0. The number of hydrogen-bond donors (Lipinski definition) is 0. The van der Waals surface area contributed by atoms with Crippen molar-refractivity contribution in [1.29, 1.82) is 0 Å². The van der Waals surface area contributed by atoms with E-state index in [1.807, 2.05) is 24.5 Å². The second kappa shape index (κ2) is 3.70. The van der Waals surface area contributed by atoms with Crippen LogP contribution in [0.5, 0.6) is 0 Å². The topological polar surface area (TPSA) is 0 Å². The van der Waals surface area contributed by atoms with Crippen molar-refractivity contribution in [3.63, 3.8) is 0 Å². The van der Waals surface area contributed by atoms with Crippen LogP contribution in [0.2, 0.25) is 0 Å². The molecule has 2 heteroatoms. The van der Waals surface area contributed by atoms with E-state index in [-0.39, 0.29) is 5.82 Å². The third-order valence-corrected chi connectivity index (χ3v) is 3.51. The Balaban J connectivity index is 2.33. The van der Waals surface area contributed by atoms with Crippen LogP contribution in [-0.2, 0) is 0 Å². The van der Waals surface area contributed by atoms with E-state index in [4.69, 9.17) is 0 Å². The van der Waals surface area contributed by atoms with Crippen LogP contribution in [0.4, 0.5) is 4.39 Å². The molecule has 1 fully saturated rings. The van der Waals surface area contributed by atoms with Crippen molar-refractivity contribution in [3.05, 3.63) is 29.6 Å². The number of benzene rings is 1. The zero-order chi connectivity index (χ0) is 9.26. The maximum Gasteiger partial charge on any atom is 0.140 e. The normalized spacial score (nSPS) is 17.1. The van der Waals surface area contributed by atoms with Gasteiger partial charge in [-0.2, -0.15) is 0 Å². The molecule has 0 saturated heterocycles. The molecule has 0 heterocycles. The summed E-state index contributed by atoms with van der Waals surface area (Å²) in [6.45, 7) is 0.